The van der Waals surface area contributed by atoms with Crippen molar-refractivity contribution in [2.45, 2.75) is 81.1 Å². The molecule has 8 bridgehead atoms. The topological polar surface area (TPSA) is 83.1 Å². The lowest BCUT2D eigenvalue weighted by atomic mass is 9.94. The monoisotopic (exact) mass is 632 g/mol. The van der Waals surface area contributed by atoms with E-state index in [1.54, 1.807) is 0 Å². The van der Waals surface area contributed by atoms with E-state index in [2.05, 4.69) is 99.6 Å². The van der Waals surface area contributed by atoms with E-state index in [1.165, 1.54) is 44.5 Å². The molecule has 0 fully saturated rings. The summed E-state index contributed by atoms with van der Waals surface area (Å²) in [4.78, 5) is 27.8. The van der Waals surface area contributed by atoms with Crippen molar-refractivity contribution in [3.63, 3.8) is 0 Å². The second-order valence-electron chi connectivity index (χ2n) is 12.9. The number of nitrogens with one attached hydrogen (secondary N) is 2. The lowest BCUT2D eigenvalue weighted by Crippen LogP contribution is -1.93. The number of aromatic amines is 2. The van der Waals surface area contributed by atoms with E-state index in [1.807, 2.05) is 36.9 Å². The van der Waals surface area contributed by atoms with E-state index < -0.39 is 0 Å². The third-order valence-electron chi connectivity index (χ3n) is 10.4. The highest BCUT2D eigenvalue weighted by atomic mass is 14.8. The second-order valence-corrected chi connectivity index (χ2v) is 12.9. The van der Waals surface area contributed by atoms with Gasteiger partial charge in [0.15, 0.2) is 0 Å². The Bertz CT molecular complexity index is 2180. The molecule has 2 aliphatic heterocycles. The van der Waals surface area contributed by atoms with Crippen LogP contribution >= 0.6 is 0 Å². The standard InChI is InChI=1S/C42H44N6/c1-9-29-23(5)39-37(27-15-13-17-43-21-27)40-25(7)31(11-3)35(47-40)20-36-32(12-4)26(8)42(48-36)38(28-16-14-18-44-22-28)41-24(6)30(10-2)34(46-41)19-33(29)45-39/h13-22,45,47H,9-12H2,1-8H3. The van der Waals surface area contributed by atoms with E-state index in [-0.39, 0.29) is 0 Å². The van der Waals surface area contributed by atoms with Gasteiger partial charge in [-0.3, -0.25) is 9.97 Å². The van der Waals surface area contributed by atoms with Gasteiger partial charge < -0.3 is 9.97 Å². The highest BCUT2D eigenvalue weighted by Crippen LogP contribution is 2.44. The van der Waals surface area contributed by atoms with Gasteiger partial charge in [0.25, 0.3) is 0 Å². The highest BCUT2D eigenvalue weighted by Gasteiger charge is 2.26. The van der Waals surface area contributed by atoms with Crippen molar-refractivity contribution in [1.82, 2.24) is 29.9 Å². The minimum atomic E-state index is 0.878. The second kappa shape index (κ2) is 12.5. The van der Waals surface area contributed by atoms with Gasteiger partial charge in [-0.25, -0.2) is 9.97 Å². The minimum Gasteiger partial charge on any atom is -0.354 e. The Hall–Kier alpha value is -5.10. The van der Waals surface area contributed by atoms with Crippen molar-refractivity contribution < 1.29 is 0 Å². The maximum Gasteiger partial charge on any atom is 0.0770 e. The van der Waals surface area contributed by atoms with Crippen LogP contribution in [0.15, 0.2) is 61.2 Å². The lowest BCUT2D eigenvalue weighted by Gasteiger charge is -2.09. The molecule has 6 nitrogen and oxygen atoms in total. The van der Waals surface area contributed by atoms with E-state index >= 15 is 0 Å². The molecule has 0 aromatic carbocycles. The van der Waals surface area contributed by atoms with E-state index in [0.717, 1.165) is 92.8 Å². The van der Waals surface area contributed by atoms with Gasteiger partial charge in [-0.1, -0.05) is 39.8 Å². The van der Waals surface area contributed by atoms with Gasteiger partial charge in [0, 0.05) is 58.1 Å². The van der Waals surface area contributed by atoms with Crippen molar-refractivity contribution >= 4 is 44.4 Å². The van der Waals surface area contributed by atoms with Crippen LogP contribution in [0.2, 0.25) is 0 Å². The van der Waals surface area contributed by atoms with Crippen LogP contribution in [0.25, 0.3) is 66.6 Å². The van der Waals surface area contributed by atoms with Crippen LogP contribution in [0.5, 0.6) is 0 Å². The molecule has 242 valence electrons. The van der Waals surface area contributed by atoms with Crippen LogP contribution in [0.1, 0.15) is 99.4 Å². The fourth-order valence-corrected chi connectivity index (χ4v) is 7.90. The van der Waals surface area contributed by atoms with Crippen molar-refractivity contribution in [1.29, 1.82) is 0 Å². The summed E-state index contributed by atoms with van der Waals surface area (Å²) in [5.41, 5.74) is 22.7. The first-order chi connectivity index (χ1) is 23.3. The zero-order chi connectivity index (χ0) is 33.7. The third-order valence-corrected chi connectivity index (χ3v) is 10.4. The summed E-state index contributed by atoms with van der Waals surface area (Å²) in [7, 11) is 0. The predicted octanol–water partition coefficient (Wildman–Crippen LogP) is 10.9. The summed E-state index contributed by atoms with van der Waals surface area (Å²) in [6.07, 6.45) is 11.1. The summed E-state index contributed by atoms with van der Waals surface area (Å²) in [5, 5.41) is 0. The number of H-pyrrole nitrogens is 2. The molecule has 48 heavy (non-hydrogen) atoms. The Morgan fingerprint density at radius 1 is 0.562 bits per heavy atom. The van der Waals surface area contributed by atoms with Crippen molar-refractivity contribution in [2.24, 2.45) is 0 Å². The SMILES string of the molecule is CCC1=C(C)c2nc1cc1[nH]c(c(C)c1CC)c(-c1cccnc1)c1[nH]c(cc3nc(c2-c2cccnc2)C(C)=C3CC)c(CC)c1C. The Morgan fingerprint density at radius 3 is 1.38 bits per heavy atom. The zero-order valence-corrected chi connectivity index (χ0v) is 29.4. The summed E-state index contributed by atoms with van der Waals surface area (Å²) in [6.45, 7) is 17.8. The van der Waals surface area contributed by atoms with E-state index in [4.69, 9.17) is 9.97 Å². The first kappa shape index (κ1) is 31.5. The molecule has 0 radical (unpaired) electrons. The van der Waals surface area contributed by atoms with Gasteiger partial charge in [0.1, 0.15) is 0 Å². The number of hydrogen-bond donors (Lipinski definition) is 2. The molecule has 0 saturated carbocycles. The first-order valence-electron chi connectivity index (χ1n) is 17.3. The molecule has 2 N–H and O–H groups in total. The Kier molecular flexibility index (Phi) is 8.20. The smallest absolute Gasteiger partial charge is 0.0770 e. The molecule has 0 aliphatic carbocycles. The number of pyridine rings is 2. The Morgan fingerprint density at radius 2 is 1.00 bits per heavy atom. The molecular formula is C42H44N6. The summed E-state index contributed by atoms with van der Waals surface area (Å²) >= 11 is 0. The zero-order valence-electron chi connectivity index (χ0n) is 29.4. The molecule has 5 aromatic rings. The Balaban J connectivity index is 1.78. The molecule has 7 heterocycles. The quantitative estimate of drug-likeness (QED) is 0.195. The number of aromatic nitrogens is 6. The van der Waals surface area contributed by atoms with Crippen molar-refractivity contribution in [3.8, 4) is 22.3 Å². The van der Waals surface area contributed by atoms with Gasteiger partial charge in [0.05, 0.1) is 33.8 Å². The predicted molar refractivity (Wildman–Crippen MR) is 201 cm³/mol. The van der Waals surface area contributed by atoms with Crippen LogP contribution in [-0.4, -0.2) is 29.9 Å². The van der Waals surface area contributed by atoms with E-state index in [9.17, 15) is 0 Å². The van der Waals surface area contributed by atoms with Gasteiger partial charge >= 0.3 is 0 Å². The van der Waals surface area contributed by atoms with Crippen LogP contribution in [0.4, 0.5) is 0 Å². The fourth-order valence-electron chi connectivity index (χ4n) is 7.90. The van der Waals surface area contributed by atoms with Gasteiger partial charge in [-0.2, -0.15) is 0 Å². The molecule has 6 heteroatoms. The number of hydrogen-bond acceptors (Lipinski definition) is 4. The molecule has 5 aromatic heterocycles. The number of fused-ring (bicyclic) bond motifs is 8. The van der Waals surface area contributed by atoms with Crippen LogP contribution in [0.3, 0.4) is 0 Å². The van der Waals surface area contributed by atoms with Crippen molar-refractivity contribution in [2.75, 3.05) is 0 Å². The molecule has 2 aliphatic rings. The summed E-state index contributed by atoms with van der Waals surface area (Å²) < 4.78 is 0. The maximum atomic E-state index is 5.45. The summed E-state index contributed by atoms with van der Waals surface area (Å²) in [5.74, 6) is 0. The number of rotatable bonds is 6. The van der Waals surface area contributed by atoms with Gasteiger partial charge in [0.2, 0.25) is 0 Å². The molecule has 0 amide bonds. The maximum absolute atomic E-state index is 5.45. The van der Waals surface area contributed by atoms with Gasteiger partial charge in [-0.05, 0) is 122 Å². The van der Waals surface area contributed by atoms with E-state index in [0.29, 0.717) is 0 Å². The molecular weight excluding hydrogens is 589 g/mol. The molecule has 0 saturated heterocycles. The average molecular weight is 633 g/mol. The molecule has 7 rings (SSSR count). The Labute approximate surface area is 283 Å². The largest absolute Gasteiger partial charge is 0.354 e. The van der Waals surface area contributed by atoms with Crippen LogP contribution in [0, 0.1) is 13.8 Å². The fraction of sp³-hybridized carbons (Fsp3) is 0.286. The molecule has 0 spiro atoms. The average Bonchev–Trinajstić information content (AvgIpc) is 3.79. The number of allylic oxidation sites excluding steroid dienone is 4. The first-order valence-corrected chi connectivity index (χ1v) is 17.3. The number of aryl methyl sites for hydroxylation is 4. The third kappa shape index (κ3) is 4.93. The van der Waals surface area contributed by atoms with Crippen LogP contribution in [-0.2, 0) is 12.8 Å². The van der Waals surface area contributed by atoms with Gasteiger partial charge in [-0.15, -0.1) is 0 Å². The van der Waals surface area contributed by atoms with Crippen molar-refractivity contribution in [3.05, 3.63) is 106 Å². The molecule has 0 unspecified atom stereocenters. The lowest BCUT2D eigenvalue weighted by molar-refractivity contribution is 1.14. The highest BCUT2D eigenvalue weighted by molar-refractivity contribution is 6.03. The minimum absolute atomic E-state index is 0.878. The summed E-state index contributed by atoms with van der Waals surface area (Å²) in [6, 6.07) is 12.9. The normalized spacial score (nSPS) is 13.2. The molecule has 0 atom stereocenters. The van der Waals surface area contributed by atoms with Crippen LogP contribution < -0.4 is 0 Å². The number of nitrogens with zero attached hydrogens (tertiary/aromatic N) is 4.